The van der Waals surface area contributed by atoms with E-state index in [0.29, 0.717) is 40.3 Å². The number of rotatable bonds is 11. The minimum atomic E-state index is -0.911. The quantitative estimate of drug-likeness (QED) is 0.116. The number of nitrogens with zero attached hydrogens (tertiary/aromatic N) is 4. The molecule has 3 heterocycles. The molecule has 0 radical (unpaired) electrons. The van der Waals surface area contributed by atoms with Crippen LogP contribution in [0.2, 0.25) is 0 Å². The van der Waals surface area contributed by atoms with E-state index in [4.69, 9.17) is 35.3 Å². The van der Waals surface area contributed by atoms with Crippen molar-refractivity contribution >= 4 is 46.2 Å². The Bertz CT molecular complexity index is 2060. The molecule has 268 valence electrons. The van der Waals surface area contributed by atoms with Gasteiger partial charge in [0, 0.05) is 36.5 Å². The van der Waals surface area contributed by atoms with Gasteiger partial charge in [-0.15, -0.1) is 11.6 Å². The van der Waals surface area contributed by atoms with Crippen molar-refractivity contribution in [1.29, 1.82) is 0 Å². The Balaban J connectivity index is 1.32. The SMILES string of the molecule is CCOC(=O)c1cc([N+](=O)[O-])c(COC(=O)NN2C3=CC(C(=O)n4ccc5cc(OC)c(OC)c(OC)c54)CC(CCl)C3=C3C=CC=CC32)n1C. The minimum absolute atomic E-state index is 0.00648. The average Bonchev–Trinajstić information content (AvgIpc) is 3.81. The summed E-state index contributed by atoms with van der Waals surface area (Å²) in [6.07, 6.45) is 10.5. The summed E-state index contributed by atoms with van der Waals surface area (Å²) in [4.78, 5) is 51.2. The lowest BCUT2D eigenvalue weighted by Crippen LogP contribution is -2.46. The number of hydrazine groups is 1. The van der Waals surface area contributed by atoms with Crippen LogP contribution >= 0.6 is 11.6 Å². The number of amides is 1. The number of hydrogen-bond donors (Lipinski definition) is 1. The highest BCUT2D eigenvalue weighted by Gasteiger charge is 2.43. The van der Waals surface area contributed by atoms with E-state index >= 15 is 0 Å². The van der Waals surface area contributed by atoms with Crippen LogP contribution in [0.5, 0.6) is 17.2 Å². The maximum Gasteiger partial charge on any atom is 0.426 e. The van der Waals surface area contributed by atoms with Crippen molar-refractivity contribution in [3.63, 3.8) is 0 Å². The van der Waals surface area contributed by atoms with Crippen molar-refractivity contribution in [1.82, 2.24) is 19.6 Å². The lowest BCUT2D eigenvalue weighted by Gasteiger charge is -2.32. The lowest BCUT2D eigenvalue weighted by molar-refractivity contribution is -0.385. The molecule has 1 aliphatic heterocycles. The number of nitrogens with one attached hydrogen (secondary N) is 1. The number of ether oxygens (including phenoxy) is 5. The van der Waals surface area contributed by atoms with Gasteiger partial charge in [0.2, 0.25) is 11.7 Å². The molecule has 51 heavy (non-hydrogen) atoms. The van der Waals surface area contributed by atoms with Crippen LogP contribution in [0, 0.1) is 22.0 Å². The monoisotopic (exact) mass is 721 g/mol. The normalized spacial score (nSPS) is 19.0. The first kappa shape index (κ1) is 35.1. The van der Waals surface area contributed by atoms with Gasteiger partial charge in [0.05, 0.1) is 50.5 Å². The number of alkyl halides is 1. The van der Waals surface area contributed by atoms with Crippen LogP contribution in [-0.2, 0) is 23.1 Å². The summed E-state index contributed by atoms with van der Waals surface area (Å²) in [7, 11) is 5.95. The Kier molecular flexibility index (Phi) is 9.83. The molecule has 1 amide bonds. The van der Waals surface area contributed by atoms with Gasteiger partial charge in [0.25, 0.3) is 5.69 Å². The van der Waals surface area contributed by atoms with Crippen LogP contribution in [0.15, 0.2) is 71.6 Å². The smallest absolute Gasteiger partial charge is 0.426 e. The van der Waals surface area contributed by atoms with Gasteiger partial charge in [-0.3, -0.25) is 24.5 Å². The Hall–Kier alpha value is -5.70. The first-order valence-corrected chi connectivity index (χ1v) is 16.6. The van der Waals surface area contributed by atoms with Gasteiger partial charge < -0.3 is 28.3 Å². The molecule has 0 bridgehead atoms. The summed E-state index contributed by atoms with van der Waals surface area (Å²) >= 11 is 6.57. The highest BCUT2D eigenvalue weighted by molar-refractivity contribution is 6.18. The molecule has 0 saturated heterocycles. The van der Waals surface area contributed by atoms with E-state index in [9.17, 15) is 24.5 Å². The third kappa shape index (κ3) is 6.07. The van der Waals surface area contributed by atoms with Crippen molar-refractivity contribution < 1.29 is 43.0 Å². The van der Waals surface area contributed by atoms with E-state index < -0.39 is 41.2 Å². The number of carbonyl (C=O) groups excluding carboxylic acids is 3. The van der Waals surface area contributed by atoms with Crippen molar-refractivity contribution in [2.75, 3.05) is 33.8 Å². The largest absolute Gasteiger partial charge is 0.493 e. The second kappa shape index (κ2) is 14.3. The number of carbonyl (C=O) groups is 3. The number of aromatic nitrogens is 2. The minimum Gasteiger partial charge on any atom is -0.493 e. The molecule has 3 atom stereocenters. The Morgan fingerprint density at radius 1 is 1.08 bits per heavy atom. The summed E-state index contributed by atoms with van der Waals surface area (Å²) in [6.45, 7) is 1.19. The standard InChI is InChI=1S/C35H36ClN5O10/c1-6-50-34(43)26-16-24(41(45)46)27(38(26)2)18-51-35(44)37-40-23-10-8-7-9-22(23)29-21(17-36)13-20(14-25(29)40)33(42)39-12-11-19-15-28(47-3)31(48-4)32(49-5)30(19)39/h7-12,14-16,20-21,23H,6,13,17-18H2,1-5H3,(H,37,44). The van der Waals surface area contributed by atoms with Crippen molar-refractivity contribution in [2.24, 2.45) is 18.9 Å². The molecule has 2 aromatic heterocycles. The zero-order valence-electron chi connectivity index (χ0n) is 28.5. The van der Waals surface area contributed by atoms with Gasteiger partial charge in [0.1, 0.15) is 23.5 Å². The fourth-order valence-corrected chi connectivity index (χ4v) is 7.20. The molecule has 0 fully saturated rings. The molecule has 3 aromatic rings. The first-order valence-electron chi connectivity index (χ1n) is 16.0. The molecular weight excluding hydrogens is 686 g/mol. The van der Waals surface area contributed by atoms with Gasteiger partial charge in [-0.1, -0.05) is 24.3 Å². The summed E-state index contributed by atoms with van der Waals surface area (Å²) in [6, 6.07) is 4.20. The Morgan fingerprint density at radius 3 is 2.51 bits per heavy atom. The second-order valence-corrected chi connectivity index (χ2v) is 12.2. The van der Waals surface area contributed by atoms with E-state index in [-0.39, 0.29) is 35.7 Å². The fraction of sp³-hybridized carbons (Fsp3) is 0.343. The summed E-state index contributed by atoms with van der Waals surface area (Å²) in [5.74, 6) is -0.557. The number of methoxy groups -OCH3 is 3. The maximum atomic E-state index is 14.3. The van der Waals surface area contributed by atoms with E-state index in [0.717, 1.165) is 17.2 Å². The summed E-state index contributed by atoms with van der Waals surface area (Å²) in [5, 5.41) is 14.1. The highest BCUT2D eigenvalue weighted by Crippen LogP contribution is 2.47. The third-order valence-corrected chi connectivity index (χ3v) is 9.59. The van der Waals surface area contributed by atoms with E-state index in [1.54, 1.807) is 36.3 Å². The van der Waals surface area contributed by atoms with Crippen molar-refractivity contribution in [3.8, 4) is 17.2 Å². The Morgan fingerprint density at radius 2 is 1.84 bits per heavy atom. The lowest BCUT2D eigenvalue weighted by atomic mass is 9.80. The first-order chi connectivity index (χ1) is 24.6. The van der Waals surface area contributed by atoms with E-state index in [2.05, 4.69) is 5.43 Å². The predicted octanol–water partition coefficient (Wildman–Crippen LogP) is 5.44. The highest BCUT2D eigenvalue weighted by atomic mass is 35.5. The zero-order valence-corrected chi connectivity index (χ0v) is 29.3. The van der Waals surface area contributed by atoms with Crippen LogP contribution in [0.4, 0.5) is 10.5 Å². The van der Waals surface area contributed by atoms with Crippen LogP contribution in [-0.4, -0.2) is 76.9 Å². The van der Waals surface area contributed by atoms with Crippen LogP contribution < -0.4 is 19.6 Å². The number of nitro groups is 1. The molecule has 15 nitrogen and oxygen atoms in total. The molecule has 3 unspecified atom stereocenters. The topological polar surface area (TPSA) is 166 Å². The molecule has 1 aromatic carbocycles. The molecule has 3 aliphatic rings. The van der Waals surface area contributed by atoms with Gasteiger partial charge in [-0.05, 0) is 42.7 Å². The van der Waals surface area contributed by atoms with E-state index in [1.165, 1.54) is 37.5 Å². The molecule has 0 spiro atoms. The number of esters is 1. The number of benzene rings is 1. The van der Waals surface area contributed by atoms with Crippen molar-refractivity contribution in [3.05, 3.63) is 93.1 Å². The molecular formula is C35H36ClN5O10. The van der Waals surface area contributed by atoms with Gasteiger partial charge in [0.15, 0.2) is 11.5 Å². The number of fused-ring (bicyclic) bond motifs is 3. The zero-order chi connectivity index (χ0) is 36.6. The second-order valence-electron chi connectivity index (χ2n) is 11.9. The molecule has 6 rings (SSSR count). The van der Waals surface area contributed by atoms with Gasteiger partial charge in [-0.25, -0.2) is 15.0 Å². The molecule has 0 saturated carbocycles. The Labute approximate surface area is 297 Å². The van der Waals surface area contributed by atoms with Gasteiger partial charge >= 0.3 is 12.1 Å². The summed E-state index contributed by atoms with van der Waals surface area (Å²) < 4.78 is 30.0. The average molecular weight is 722 g/mol. The predicted molar refractivity (Wildman–Crippen MR) is 185 cm³/mol. The van der Waals surface area contributed by atoms with E-state index in [1.807, 2.05) is 24.3 Å². The van der Waals surface area contributed by atoms with Crippen molar-refractivity contribution in [2.45, 2.75) is 26.0 Å². The third-order valence-electron chi connectivity index (χ3n) is 9.22. The molecule has 2 aliphatic carbocycles. The van der Waals surface area contributed by atoms with Crippen LogP contribution in [0.1, 0.15) is 34.3 Å². The number of allylic oxidation sites excluding steroid dienone is 4. The van der Waals surface area contributed by atoms with Crippen LogP contribution in [0.3, 0.4) is 0 Å². The fourth-order valence-electron chi connectivity index (χ4n) is 6.92. The molecule has 1 N–H and O–H groups in total. The van der Waals surface area contributed by atoms with Gasteiger partial charge in [-0.2, -0.15) is 0 Å². The van der Waals surface area contributed by atoms with Crippen LogP contribution in [0.25, 0.3) is 10.9 Å². The molecule has 16 heteroatoms. The number of hydrogen-bond acceptors (Lipinski definition) is 11. The number of halogens is 1. The summed E-state index contributed by atoms with van der Waals surface area (Å²) in [5.41, 5.74) is 5.20. The maximum absolute atomic E-state index is 14.3.